The molecule has 2 aliphatic rings. The highest BCUT2D eigenvalue weighted by molar-refractivity contribution is 5.99. The zero-order valence-electron chi connectivity index (χ0n) is 12.7. The summed E-state index contributed by atoms with van der Waals surface area (Å²) in [5.74, 6) is 2.61. The lowest BCUT2D eigenvalue weighted by molar-refractivity contribution is 0.149. The van der Waals surface area contributed by atoms with Gasteiger partial charge in [-0.1, -0.05) is 6.42 Å². The molecule has 0 radical (unpaired) electrons. The average Bonchev–Trinajstić information content (AvgIpc) is 2.57. The highest BCUT2D eigenvalue weighted by Gasteiger charge is 2.18. The molecule has 1 aromatic rings. The van der Waals surface area contributed by atoms with Gasteiger partial charge >= 0.3 is 0 Å². The van der Waals surface area contributed by atoms with E-state index in [0.717, 1.165) is 55.3 Å². The van der Waals surface area contributed by atoms with Crippen LogP contribution in [0, 0.1) is 0 Å². The lowest BCUT2D eigenvalue weighted by Gasteiger charge is -2.24. The van der Waals surface area contributed by atoms with Crippen LogP contribution in [0.4, 0.5) is 0 Å². The Morgan fingerprint density at radius 1 is 1.10 bits per heavy atom. The number of aliphatic imine (C=N–C) groups is 1. The summed E-state index contributed by atoms with van der Waals surface area (Å²) in [5, 5.41) is 3.34. The van der Waals surface area contributed by atoms with E-state index in [9.17, 15) is 0 Å². The molecule has 1 saturated carbocycles. The van der Waals surface area contributed by atoms with Gasteiger partial charge in [-0.2, -0.15) is 0 Å². The van der Waals surface area contributed by atoms with E-state index in [0.29, 0.717) is 6.10 Å². The van der Waals surface area contributed by atoms with Crippen LogP contribution in [0.3, 0.4) is 0 Å². The van der Waals surface area contributed by atoms with Crippen LogP contribution in [0.15, 0.2) is 23.2 Å². The van der Waals surface area contributed by atoms with Gasteiger partial charge in [-0.05, 0) is 50.3 Å². The van der Waals surface area contributed by atoms with Crippen LogP contribution in [-0.2, 0) is 0 Å². The Balaban J connectivity index is 1.76. The van der Waals surface area contributed by atoms with E-state index in [1.54, 1.807) is 7.11 Å². The molecular weight excluding hydrogens is 264 g/mol. The van der Waals surface area contributed by atoms with Crippen molar-refractivity contribution >= 4 is 5.84 Å². The van der Waals surface area contributed by atoms with Gasteiger partial charge in [0.1, 0.15) is 5.84 Å². The fourth-order valence-electron chi connectivity index (χ4n) is 3.00. The first-order valence-corrected chi connectivity index (χ1v) is 8.00. The third-order valence-electron chi connectivity index (χ3n) is 4.18. The molecule has 1 aliphatic carbocycles. The van der Waals surface area contributed by atoms with Crippen LogP contribution >= 0.6 is 0 Å². The molecule has 0 amide bonds. The SMILES string of the molecule is COc1cc(C2=NCCCN2)ccc1OC1CCCCC1. The number of hydrogen-bond acceptors (Lipinski definition) is 4. The third kappa shape index (κ3) is 3.49. The van der Waals surface area contributed by atoms with Gasteiger partial charge in [0, 0.05) is 18.7 Å². The molecule has 4 heteroatoms. The van der Waals surface area contributed by atoms with Gasteiger partial charge in [0.05, 0.1) is 13.2 Å². The topological polar surface area (TPSA) is 42.8 Å². The van der Waals surface area contributed by atoms with Crippen molar-refractivity contribution in [2.24, 2.45) is 4.99 Å². The van der Waals surface area contributed by atoms with Crippen LogP contribution in [0.5, 0.6) is 11.5 Å². The second-order valence-corrected chi connectivity index (χ2v) is 5.75. The fourth-order valence-corrected chi connectivity index (χ4v) is 3.00. The number of methoxy groups -OCH3 is 1. The maximum atomic E-state index is 6.13. The largest absolute Gasteiger partial charge is 0.493 e. The van der Waals surface area contributed by atoms with Crippen LogP contribution < -0.4 is 14.8 Å². The highest BCUT2D eigenvalue weighted by Crippen LogP contribution is 2.32. The summed E-state index contributed by atoms with van der Waals surface area (Å²) in [6, 6.07) is 6.11. The van der Waals surface area contributed by atoms with Crippen molar-refractivity contribution in [2.45, 2.75) is 44.6 Å². The van der Waals surface area contributed by atoms with E-state index in [1.165, 1.54) is 19.3 Å². The summed E-state index contributed by atoms with van der Waals surface area (Å²) in [4.78, 5) is 4.53. The molecule has 21 heavy (non-hydrogen) atoms. The molecule has 4 nitrogen and oxygen atoms in total. The summed E-state index contributed by atoms with van der Waals surface area (Å²) in [6.45, 7) is 1.88. The van der Waals surface area contributed by atoms with Crippen LogP contribution in [0.1, 0.15) is 44.1 Å². The number of rotatable bonds is 4. The van der Waals surface area contributed by atoms with Crippen molar-refractivity contribution in [1.29, 1.82) is 0 Å². The second-order valence-electron chi connectivity index (χ2n) is 5.75. The second kappa shape index (κ2) is 6.83. The monoisotopic (exact) mass is 288 g/mol. The minimum absolute atomic E-state index is 0.337. The zero-order valence-corrected chi connectivity index (χ0v) is 12.7. The molecule has 0 atom stereocenters. The highest BCUT2D eigenvalue weighted by atomic mass is 16.5. The Morgan fingerprint density at radius 2 is 1.95 bits per heavy atom. The van der Waals surface area contributed by atoms with Gasteiger partial charge in [0.2, 0.25) is 0 Å². The summed E-state index contributed by atoms with van der Waals surface area (Å²) in [6.07, 6.45) is 7.62. The Morgan fingerprint density at radius 3 is 2.67 bits per heavy atom. The summed E-state index contributed by atoms with van der Waals surface area (Å²) in [7, 11) is 1.70. The summed E-state index contributed by atoms with van der Waals surface area (Å²) in [5.41, 5.74) is 1.07. The number of nitrogens with zero attached hydrogens (tertiary/aromatic N) is 1. The van der Waals surface area contributed by atoms with Gasteiger partial charge in [-0.25, -0.2) is 0 Å². The molecule has 0 spiro atoms. The molecule has 0 aromatic heterocycles. The molecule has 1 aliphatic heterocycles. The van der Waals surface area contributed by atoms with Crippen LogP contribution in [0.25, 0.3) is 0 Å². The number of benzene rings is 1. The van der Waals surface area contributed by atoms with Gasteiger partial charge < -0.3 is 14.8 Å². The maximum absolute atomic E-state index is 6.13. The van der Waals surface area contributed by atoms with E-state index in [2.05, 4.69) is 16.4 Å². The first-order valence-electron chi connectivity index (χ1n) is 8.00. The van der Waals surface area contributed by atoms with Crippen molar-refractivity contribution in [2.75, 3.05) is 20.2 Å². The van der Waals surface area contributed by atoms with E-state index >= 15 is 0 Å². The summed E-state index contributed by atoms with van der Waals surface area (Å²) < 4.78 is 11.6. The number of nitrogens with one attached hydrogen (secondary N) is 1. The third-order valence-corrected chi connectivity index (χ3v) is 4.18. The fraction of sp³-hybridized carbons (Fsp3) is 0.588. The molecule has 3 rings (SSSR count). The van der Waals surface area contributed by atoms with Gasteiger partial charge in [0.15, 0.2) is 11.5 Å². The lowest BCUT2D eigenvalue weighted by atomic mass is 9.98. The van der Waals surface area contributed by atoms with E-state index < -0.39 is 0 Å². The predicted molar refractivity (Wildman–Crippen MR) is 84.5 cm³/mol. The molecule has 1 aromatic carbocycles. The van der Waals surface area contributed by atoms with Crippen molar-refractivity contribution < 1.29 is 9.47 Å². The van der Waals surface area contributed by atoms with Crippen LogP contribution in [-0.4, -0.2) is 32.1 Å². The molecular formula is C17H24N2O2. The molecule has 1 heterocycles. The van der Waals surface area contributed by atoms with Crippen molar-refractivity contribution in [3.63, 3.8) is 0 Å². The minimum Gasteiger partial charge on any atom is -0.493 e. The first kappa shape index (κ1) is 14.2. The molecule has 1 N–H and O–H groups in total. The standard InChI is InChI=1S/C17H24N2O2/c1-20-16-12-13(17-18-10-5-11-19-17)8-9-15(16)21-14-6-3-2-4-7-14/h8-9,12,14H,2-7,10-11H2,1H3,(H,18,19). The number of ether oxygens (including phenoxy) is 2. The normalized spacial score (nSPS) is 19.6. The zero-order chi connectivity index (χ0) is 14.5. The smallest absolute Gasteiger partial charge is 0.161 e. The first-order chi connectivity index (χ1) is 10.4. The van der Waals surface area contributed by atoms with Gasteiger partial charge in [-0.15, -0.1) is 0 Å². The van der Waals surface area contributed by atoms with Crippen molar-refractivity contribution in [1.82, 2.24) is 5.32 Å². The average molecular weight is 288 g/mol. The molecule has 114 valence electrons. The van der Waals surface area contributed by atoms with Crippen LogP contribution in [0.2, 0.25) is 0 Å². The molecule has 0 bridgehead atoms. The Bertz CT molecular complexity index is 508. The Kier molecular flexibility index (Phi) is 4.63. The van der Waals surface area contributed by atoms with Crippen molar-refractivity contribution in [3.8, 4) is 11.5 Å². The molecule has 0 unspecified atom stereocenters. The van der Waals surface area contributed by atoms with Gasteiger partial charge in [0.25, 0.3) is 0 Å². The van der Waals surface area contributed by atoms with E-state index in [4.69, 9.17) is 9.47 Å². The molecule has 0 saturated heterocycles. The number of hydrogen-bond donors (Lipinski definition) is 1. The van der Waals surface area contributed by atoms with E-state index in [1.807, 2.05) is 12.1 Å². The Hall–Kier alpha value is -1.71. The van der Waals surface area contributed by atoms with E-state index in [-0.39, 0.29) is 0 Å². The minimum atomic E-state index is 0.337. The predicted octanol–water partition coefficient (Wildman–Crippen LogP) is 3.15. The molecule has 1 fully saturated rings. The lowest BCUT2D eigenvalue weighted by Crippen LogP contribution is -2.30. The Labute approximate surface area is 126 Å². The number of amidine groups is 1. The maximum Gasteiger partial charge on any atom is 0.161 e. The van der Waals surface area contributed by atoms with Crippen molar-refractivity contribution in [3.05, 3.63) is 23.8 Å². The quantitative estimate of drug-likeness (QED) is 0.925. The summed E-state index contributed by atoms with van der Waals surface area (Å²) >= 11 is 0. The van der Waals surface area contributed by atoms with Gasteiger partial charge in [-0.3, -0.25) is 4.99 Å².